The average Bonchev–Trinajstić information content (AvgIpc) is 2.40. The van der Waals surface area contributed by atoms with Crippen molar-refractivity contribution in [2.45, 2.75) is 46.5 Å². The molecule has 0 aliphatic heterocycles. The number of benzene rings is 1. The standard InChI is InChI=1S/C17H22BrFO/c1-17(2,3)12-9-7-11(8-10-12)16(20)13-5-4-6-14(18)15(13)19/h4-6,11-12H,7-10H2,1-3H3. The largest absolute Gasteiger partial charge is 0.294 e. The van der Waals surface area contributed by atoms with Crippen LogP contribution in [0.15, 0.2) is 22.7 Å². The zero-order chi connectivity index (χ0) is 14.9. The molecule has 0 bridgehead atoms. The van der Waals surface area contributed by atoms with Crippen LogP contribution >= 0.6 is 15.9 Å². The Bertz CT molecular complexity index is 496. The van der Waals surface area contributed by atoms with E-state index in [9.17, 15) is 9.18 Å². The smallest absolute Gasteiger partial charge is 0.168 e. The van der Waals surface area contributed by atoms with Gasteiger partial charge in [0.05, 0.1) is 10.0 Å². The Kier molecular flexibility index (Phi) is 4.68. The fourth-order valence-electron chi connectivity index (χ4n) is 3.14. The van der Waals surface area contributed by atoms with Crippen molar-refractivity contribution in [3.05, 3.63) is 34.1 Å². The third-order valence-corrected chi connectivity index (χ3v) is 5.15. The van der Waals surface area contributed by atoms with E-state index in [0.717, 1.165) is 25.7 Å². The molecular formula is C17H22BrFO. The predicted molar refractivity (Wildman–Crippen MR) is 83.3 cm³/mol. The molecule has 1 aromatic carbocycles. The molecule has 3 heteroatoms. The molecule has 1 aliphatic carbocycles. The minimum absolute atomic E-state index is 0.0163. The van der Waals surface area contributed by atoms with Crippen LogP contribution in [0.4, 0.5) is 4.39 Å². The van der Waals surface area contributed by atoms with Crippen molar-refractivity contribution in [3.63, 3.8) is 0 Å². The molecule has 0 N–H and O–H groups in total. The number of hydrogen-bond acceptors (Lipinski definition) is 1. The molecule has 1 nitrogen and oxygen atoms in total. The highest BCUT2D eigenvalue weighted by Gasteiger charge is 2.33. The van der Waals surface area contributed by atoms with E-state index in [0.29, 0.717) is 15.8 Å². The summed E-state index contributed by atoms with van der Waals surface area (Å²) in [6, 6.07) is 4.95. The summed E-state index contributed by atoms with van der Waals surface area (Å²) in [5, 5.41) is 0. The van der Waals surface area contributed by atoms with Crippen LogP contribution in [0.25, 0.3) is 0 Å². The lowest BCUT2D eigenvalue weighted by molar-refractivity contribution is 0.0815. The minimum atomic E-state index is -0.421. The second kappa shape index (κ2) is 5.97. The fraction of sp³-hybridized carbons (Fsp3) is 0.588. The molecule has 1 fully saturated rings. The summed E-state index contributed by atoms with van der Waals surface area (Å²) in [5.41, 5.74) is 0.535. The maximum absolute atomic E-state index is 14.0. The van der Waals surface area contributed by atoms with Crippen LogP contribution in [-0.2, 0) is 0 Å². The summed E-state index contributed by atoms with van der Waals surface area (Å²) in [5.74, 6) is 0.197. The molecular weight excluding hydrogens is 319 g/mol. The average molecular weight is 341 g/mol. The van der Waals surface area contributed by atoms with Crippen molar-refractivity contribution in [1.29, 1.82) is 0 Å². The second-order valence-electron chi connectivity index (χ2n) is 6.88. The molecule has 0 heterocycles. The van der Waals surface area contributed by atoms with Gasteiger partial charge in [0.15, 0.2) is 5.78 Å². The highest BCUT2D eigenvalue weighted by molar-refractivity contribution is 9.10. The van der Waals surface area contributed by atoms with Crippen LogP contribution in [-0.4, -0.2) is 5.78 Å². The summed E-state index contributed by atoms with van der Waals surface area (Å²) in [6.07, 6.45) is 3.89. The minimum Gasteiger partial charge on any atom is -0.294 e. The molecule has 0 aromatic heterocycles. The number of halogens is 2. The molecule has 1 aliphatic rings. The molecule has 0 spiro atoms. The van der Waals surface area contributed by atoms with Crippen molar-refractivity contribution in [2.24, 2.45) is 17.3 Å². The number of Topliss-reactive ketones (excluding diaryl/α,β-unsaturated/α-hetero) is 1. The molecule has 0 amide bonds. The zero-order valence-corrected chi connectivity index (χ0v) is 14.0. The molecule has 0 atom stereocenters. The number of carbonyl (C=O) groups is 1. The Labute approximate surface area is 129 Å². The number of rotatable bonds is 2. The molecule has 20 heavy (non-hydrogen) atoms. The first kappa shape index (κ1) is 15.7. The number of ketones is 1. The lowest BCUT2D eigenvalue weighted by atomic mass is 9.69. The molecule has 0 unspecified atom stereocenters. The van der Waals surface area contributed by atoms with Gasteiger partial charge in [-0.1, -0.05) is 26.8 Å². The maximum Gasteiger partial charge on any atom is 0.168 e. The molecule has 0 radical (unpaired) electrons. The first-order chi connectivity index (χ1) is 9.30. The monoisotopic (exact) mass is 340 g/mol. The Hall–Kier alpha value is -0.700. The normalized spacial score (nSPS) is 23.6. The van der Waals surface area contributed by atoms with E-state index >= 15 is 0 Å². The molecule has 1 aromatic rings. The van der Waals surface area contributed by atoms with Gasteiger partial charge in [-0.05, 0) is 65.1 Å². The summed E-state index contributed by atoms with van der Waals surface area (Å²) < 4.78 is 14.4. The molecule has 1 saturated carbocycles. The van der Waals surface area contributed by atoms with Gasteiger partial charge in [-0.25, -0.2) is 4.39 Å². The van der Waals surface area contributed by atoms with Crippen molar-refractivity contribution in [1.82, 2.24) is 0 Å². The topological polar surface area (TPSA) is 17.1 Å². The van der Waals surface area contributed by atoms with Crippen molar-refractivity contribution in [3.8, 4) is 0 Å². The summed E-state index contributed by atoms with van der Waals surface area (Å²) in [7, 11) is 0. The summed E-state index contributed by atoms with van der Waals surface area (Å²) in [4.78, 5) is 12.5. The van der Waals surface area contributed by atoms with E-state index in [1.165, 1.54) is 0 Å². The van der Waals surface area contributed by atoms with Crippen molar-refractivity contribution in [2.75, 3.05) is 0 Å². The third kappa shape index (κ3) is 3.30. The van der Waals surface area contributed by atoms with Gasteiger partial charge in [0.25, 0.3) is 0 Å². The SMILES string of the molecule is CC(C)(C)C1CCC(C(=O)c2cccc(Br)c2F)CC1. The third-order valence-electron chi connectivity index (χ3n) is 4.54. The van der Waals surface area contributed by atoms with Gasteiger partial charge in [0.2, 0.25) is 0 Å². The van der Waals surface area contributed by atoms with Crippen LogP contribution in [0.1, 0.15) is 56.8 Å². The molecule has 110 valence electrons. The lowest BCUT2D eigenvalue weighted by Crippen LogP contribution is -2.29. The van der Waals surface area contributed by atoms with Gasteiger partial charge in [-0.3, -0.25) is 4.79 Å². The van der Waals surface area contributed by atoms with Gasteiger partial charge >= 0.3 is 0 Å². The van der Waals surface area contributed by atoms with Crippen molar-refractivity contribution < 1.29 is 9.18 Å². The molecule has 2 rings (SSSR count). The number of carbonyl (C=O) groups excluding carboxylic acids is 1. The van der Waals surface area contributed by atoms with E-state index in [2.05, 4.69) is 36.7 Å². The molecule has 0 saturated heterocycles. The second-order valence-corrected chi connectivity index (χ2v) is 7.73. The van der Waals surface area contributed by atoms with E-state index in [-0.39, 0.29) is 17.3 Å². The quantitative estimate of drug-likeness (QED) is 0.638. The van der Waals surface area contributed by atoms with E-state index in [1.807, 2.05) is 0 Å². The maximum atomic E-state index is 14.0. The summed E-state index contributed by atoms with van der Waals surface area (Å²) in [6.45, 7) is 6.77. The van der Waals surface area contributed by atoms with Gasteiger partial charge in [-0.2, -0.15) is 0 Å². The highest BCUT2D eigenvalue weighted by atomic mass is 79.9. The Morgan fingerprint density at radius 2 is 1.80 bits per heavy atom. The predicted octanol–water partition coefficient (Wildman–Crippen LogP) is 5.62. The van der Waals surface area contributed by atoms with Crippen molar-refractivity contribution >= 4 is 21.7 Å². The summed E-state index contributed by atoms with van der Waals surface area (Å²) >= 11 is 3.15. The van der Waals surface area contributed by atoms with Crippen LogP contribution in [0.2, 0.25) is 0 Å². The van der Waals surface area contributed by atoms with Crippen LogP contribution in [0, 0.1) is 23.1 Å². The Morgan fingerprint density at radius 3 is 2.35 bits per heavy atom. The lowest BCUT2D eigenvalue weighted by Gasteiger charge is -2.36. The highest BCUT2D eigenvalue weighted by Crippen LogP contribution is 2.40. The van der Waals surface area contributed by atoms with Crippen LogP contribution < -0.4 is 0 Å². The van der Waals surface area contributed by atoms with E-state index < -0.39 is 5.82 Å². The van der Waals surface area contributed by atoms with Gasteiger partial charge < -0.3 is 0 Å². The first-order valence-corrected chi connectivity index (χ1v) is 8.08. The van der Waals surface area contributed by atoms with Gasteiger partial charge in [0.1, 0.15) is 5.82 Å². The number of hydrogen-bond donors (Lipinski definition) is 0. The van der Waals surface area contributed by atoms with Gasteiger partial charge in [0, 0.05) is 5.92 Å². The van der Waals surface area contributed by atoms with Crippen LogP contribution in [0.5, 0.6) is 0 Å². The Morgan fingerprint density at radius 1 is 1.20 bits per heavy atom. The van der Waals surface area contributed by atoms with Crippen LogP contribution in [0.3, 0.4) is 0 Å². The first-order valence-electron chi connectivity index (χ1n) is 7.29. The van der Waals surface area contributed by atoms with E-state index in [4.69, 9.17) is 0 Å². The van der Waals surface area contributed by atoms with Gasteiger partial charge in [-0.15, -0.1) is 0 Å². The zero-order valence-electron chi connectivity index (χ0n) is 12.4. The Balaban J connectivity index is 2.07. The van der Waals surface area contributed by atoms with E-state index in [1.54, 1.807) is 18.2 Å². The fourth-order valence-corrected chi connectivity index (χ4v) is 3.50.